The number of aliphatic carboxylic acids is 1. The average Bonchev–Trinajstić information content (AvgIpc) is 3.67. The molecule has 11 nitrogen and oxygen atoms in total. The van der Waals surface area contributed by atoms with E-state index in [1.54, 1.807) is 6.07 Å². The van der Waals surface area contributed by atoms with Crippen molar-refractivity contribution in [1.29, 1.82) is 0 Å². The zero-order chi connectivity index (χ0) is 29.6. The smallest absolute Gasteiger partial charge is 0.308 e. The van der Waals surface area contributed by atoms with Crippen LogP contribution in [-0.2, 0) is 21.2 Å². The molecule has 1 fully saturated rings. The lowest BCUT2D eigenvalue weighted by atomic mass is 10.00. The molecule has 41 heavy (non-hydrogen) atoms. The Morgan fingerprint density at radius 3 is 2.39 bits per heavy atom. The van der Waals surface area contributed by atoms with Gasteiger partial charge in [0.25, 0.3) is 11.6 Å². The number of carboxylic acids is 1. The Morgan fingerprint density at radius 1 is 1.15 bits per heavy atom. The van der Waals surface area contributed by atoms with Crippen LogP contribution in [0.25, 0.3) is 22.3 Å². The van der Waals surface area contributed by atoms with Crippen molar-refractivity contribution < 1.29 is 36.8 Å². The van der Waals surface area contributed by atoms with E-state index in [4.69, 9.17) is 4.42 Å². The van der Waals surface area contributed by atoms with Crippen LogP contribution in [0.15, 0.2) is 59.0 Å². The molecule has 1 saturated carbocycles. The van der Waals surface area contributed by atoms with Gasteiger partial charge in [0, 0.05) is 35.7 Å². The number of hydrogen-bond acceptors (Lipinski definition) is 7. The number of nitrogens with one attached hydrogen (secondary N) is 1. The van der Waals surface area contributed by atoms with E-state index in [9.17, 15) is 37.6 Å². The van der Waals surface area contributed by atoms with E-state index in [-0.39, 0.29) is 39.8 Å². The highest BCUT2D eigenvalue weighted by molar-refractivity contribution is 7.92. The highest BCUT2D eigenvalue weighted by atomic mass is 32.2. The van der Waals surface area contributed by atoms with Gasteiger partial charge in [-0.05, 0) is 66.8 Å². The molecule has 1 aromatic heterocycles. The first-order valence-electron chi connectivity index (χ1n) is 12.5. The molecule has 13 heteroatoms. The van der Waals surface area contributed by atoms with Crippen molar-refractivity contribution in [3.63, 3.8) is 0 Å². The van der Waals surface area contributed by atoms with E-state index in [0.29, 0.717) is 16.5 Å². The normalized spacial score (nSPS) is 13.2. The molecular formula is C28H24FN3O8S. The number of nitrogens with zero attached hydrogens (tertiary/aromatic N) is 2. The number of sulfonamides is 1. The molecule has 0 spiro atoms. The van der Waals surface area contributed by atoms with Crippen LogP contribution in [0.1, 0.15) is 40.2 Å². The van der Waals surface area contributed by atoms with Crippen molar-refractivity contribution in [2.75, 3.05) is 17.6 Å². The minimum absolute atomic E-state index is 0.00689. The maximum atomic E-state index is 13.6. The summed E-state index contributed by atoms with van der Waals surface area (Å²) in [5.41, 5.74) is 1.03. The van der Waals surface area contributed by atoms with Gasteiger partial charge in [-0.2, -0.15) is 0 Å². The molecule has 0 unspecified atom stereocenters. The molecule has 5 rings (SSSR count). The summed E-state index contributed by atoms with van der Waals surface area (Å²) in [7, 11) is -2.62. The molecule has 1 heterocycles. The van der Waals surface area contributed by atoms with E-state index in [1.165, 1.54) is 49.5 Å². The number of nitro benzene ring substituents is 1. The molecule has 0 saturated heterocycles. The fourth-order valence-corrected chi connectivity index (χ4v) is 5.90. The quantitative estimate of drug-likeness (QED) is 0.204. The summed E-state index contributed by atoms with van der Waals surface area (Å²) in [6.07, 6.45) is 1.80. The molecule has 0 bridgehead atoms. The third-order valence-electron chi connectivity index (χ3n) is 6.80. The van der Waals surface area contributed by atoms with Crippen LogP contribution < -0.4 is 9.62 Å². The fourth-order valence-electron chi connectivity index (χ4n) is 4.89. The second-order valence-corrected chi connectivity index (χ2v) is 11.6. The fraction of sp³-hybridized carbons (Fsp3) is 0.214. The van der Waals surface area contributed by atoms with Gasteiger partial charge in [-0.3, -0.25) is 19.7 Å². The van der Waals surface area contributed by atoms with Gasteiger partial charge in [-0.25, -0.2) is 17.1 Å². The van der Waals surface area contributed by atoms with Crippen LogP contribution in [0.4, 0.5) is 21.5 Å². The number of rotatable bonds is 9. The highest BCUT2D eigenvalue weighted by Crippen LogP contribution is 2.49. The molecule has 0 aliphatic heterocycles. The average molecular weight is 582 g/mol. The van der Waals surface area contributed by atoms with E-state index in [1.807, 2.05) is 0 Å². The first-order valence-corrected chi connectivity index (χ1v) is 14.3. The summed E-state index contributed by atoms with van der Waals surface area (Å²) >= 11 is 0. The minimum Gasteiger partial charge on any atom is -0.481 e. The second-order valence-electron chi connectivity index (χ2n) is 9.74. The topological polar surface area (TPSA) is 160 Å². The Bertz CT molecular complexity index is 1830. The number of amides is 1. The Labute approximate surface area is 233 Å². The number of anilines is 2. The summed E-state index contributed by atoms with van der Waals surface area (Å²) in [6.45, 7) is 0. The van der Waals surface area contributed by atoms with Crippen molar-refractivity contribution >= 4 is 49.9 Å². The largest absolute Gasteiger partial charge is 0.481 e. The maximum Gasteiger partial charge on any atom is 0.308 e. The molecular weight excluding hydrogens is 557 g/mol. The summed E-state index contributed by atoms with van der Waals surface area (Å²) in [4.78, 5) is 35.2. The van der Waals surface area contributed by atoms with Gasteiger partial charge in [-0.1, -0.05) is 0 Å². The van der Waals surface area contributed by atoms with E-state index < -0.39 is 44.7 Å². The standard InChI is InChI=1S/C28H24FN3O8S/c1-30-28(35)26-21-13-20(15-3-4-15)23(14-24(21)40-27(26)16-5-7-18(29)8-6-16)31(41(2,38)39)19-9-10-22(32(36)37)17(11-19)12-25(33)34/h5-11,13-15H,3-4,12H2,1-2H3,(H,30,35)(H,33,34). The van der Waals surface area contributed by atoms with Crippen LogP contribution in [0.3, 0.4) is 0 Å². The summed E-state index contributed by atoms with van der Waals surface area (Å²) in [5, 5.41) is 23.8. The first-order chi connectivity index (χ1) is 19.4. The second kappa shape index (κ2) is 10.3. The zero-order valence-corrected chi connectivity index (χ0v) is 22.7. The molecule has 0 atom stereocenters. The molecule has 1 amide bonds. The van der Waals surface area contributed by atoms with E-state index in [2.05, 4.69) is 5.32 Å². The number of benzene rings is 3. The van der Waals surface area contributed by atoms with E-state index in [0.717, 1.165) is 29.5 Å². The summed E-state index contributed by atoms with van der Waals surface area (Å²) in [5.74, 6) is -2.10. The van der Waals surface area contributed by atoms with Crippen LogP contribution >= 0.6 is 0 Å². The van der Waals surface area contributed by atoms with Crippen LogP contribution in [-0.4, -0.2) is 43.6 Å². The monoisotopic (exact) mass is 581 g/mol. The molecule has 0 radical (unpaired) electrons. The predicted molar refractivity (Wildman–Crippen MR) is 148 cm³/mol. The number of carboxylic acid groups (broad SMARTS) is 1. The molecule has 4 aromatic rings. The summed E-state index contributed by atoms with van der Waals surface area (Å²) < 4.78 is 47.2. The Hall–Kier alpha value is -4.78. The lowest BCUT2D eigenvalue weighted by Gasteiger charge is -2.25. The lowest BCUT2D eigenvalue weighted by Crippen LogP contribution is -2.26. The van der Waals surface area contributed by atoms with Gasteiger partial charge in [0.1, 0.15) is 17.2 Å². The third kappa shape index (κ3) is 5.35. The van der Waals surface area contributed by atoms with Crippen molar-refractivity contribution in [1.82, 2.24) is 5.32 Å². The number of carbonyl (C=O) groups excluding carboxylic acids is 1. The van der Waals surface area contributed by atoms with Crippen molar-refractivity contribution in [2.45, 2.75) is 25.2 Å². The third-order valence-corrected chi connectivity index (χ3v) is 7.87. The molecule has 1 aliphatic carbocycles. The van der Waals surface area contributed by atoms with Gasteiger partial charge in [0.15, 0.2) is 0 Å². The first kappa shape index (κ1) is 27.8. The number of nitro groups is 1. The number of furan rings is 1. The van der Waals surface area contributed by atoms with Crippen LogP contribution in [0, 0.1) is 15.9 Å². The van der Waals surface area contributed by atoms with Crippen molar-refractivity contribution in [2.24, 2.45) is 0 Å². The predicted octanol–water partition coefficient (Wildman–Crippen LogP) is 5.11. The van der Waals surface area contributed by atoms with Crippen LogP contribution in [0.5, 0.6) is 0 Å². The van der Waals surface area contributed by atoms with Gasteiger partial charge < -0.3 is 14.8 Å². The van der Waals surface area contributed by atoms with Gasteiger partial charge >= 0.3 is 5.97 Å². The van der Waals surface area contributed by atoms with Crippen LogP contribution in [0.2, 0.25) is 0 Å². The molecule has 2 N–H and O–H groups in total. The Morgan fingerprint density at radius 2 is 1.83 bits per heavy atom. The zero-order valence-electron chi connectivity index (χ0n) is 21.9. The number of halogens is 1. The van der Waals surface area contributed by atoms with Gasteiger partial charge in [-0.15, -0.1) is 0 Å². The lowest BCUT2D eigenvalue weighted by molar-refractivity contribution is -0.385. The SMILES string of the molecule is CNC(=O)c1c(-c2ccc(F)cc2)oc2cc(N(c3ccc([N+](=O)[O-])c(CC(=O)O)c3)S(C)(=O)=O)c(C3CC3)cc12. The van der Waals surface area contributed by atoms with Crippen molar-refractivity contribution in [3.8, 4) is 11.3 Å². The minimum atomic E-state index is -4.07. The number of carbonyl (C=O) groups is 2. The molecule has 3 aromatic carbocycles. The molecule has 212 valence electrons. The Kier molecular flexibility index (Phi) is 6.99. The number of fused-ring (bicyclic) bond motifs is 1. The summed E-state index contributed by atoms with van der Waals surface area (Å²) in [6, 6.07) is 12.1. The number of hydrogen-bond donors (Lipinski definition) is 2. The molecule has 1 aliphatic rings. The Balaban J connectivity index is 1.78. The maximum absolute atomic E-state index is 13.6. The van der Waals surface area contributed by atoms with Gasteiger partial charge in [0.05, 0.1) is 34.5 Å². The van der Waals surface area contributed by atoms with E-state index >= 15 is 0 Å². The van der Waals surface area contributed by atoms with Gasteiger partial charge in [0.2, 0.25) is 10.0 Å². The highest BCUT2D eigenvalue weighted by Gasteiger charge is 2.34. The van der Waals surface area contributed by atoms with Crippen molar-refractivity contribution in [3.05, 3.63) is 87.2 Å².